The summed E-state index contributed by atoms with van der Waals surface area (Å²) in [6, 6.07) is 5.09. The van der Waals surface area contributed by atoms with Crippen molar-refractivity contribution >= 4 is 9.76 Å². The van der Waals surface area contributed by atoms with Crippen molar-refractivity contribution in [2.24, 2.45) is 0 Å². The Kier molecular flexibility index (Phi) is 9.41. The molecule has 0 amide bonds. The van der Waals surface area contributed by atoms with Crippen LogP contribution in [0.4, 0.5) is 8.78 Å². The van der Waals surface area contributed by atoms with E-state index in [0.29, 0.717) is 13.2 Å². The van der Waals surface area contributed by atoms with Crippen molar-refractivity contribution in [1.82, 2.24) is 0 Å². The molecule has 0 bridgehead atoms. The first-order valence-corrected chi connectivity index (χ1v) is 9.03. The number of benzene rings is 1. The molecule has 0 N–H and O–H groups in total. The highest BCUT2D eigenvalue weighted by molar-refractivity contribution is 6.27. The first kappa shape index (κ1) is 18.2. The fourth-order valence-electron chi connectivity index (χ4n) is 1.90. The minimum Gasteiger partial charge on any atom is -0.379 e. The van der Waals surface area contributed by atoms with Crippen LogP contribution in [0.3, 0.4) is 0 Å². The van der Waals surface area contributed by atoms with E-state index in [1.165, 1.54) is 12.1 Å². The third kappa shape index (κ3) is 7.66. The van der Waals surface area contributed by atoms with Crippen LogP contribution in [0.5, 0.6) is 0 Å². The van der Waals surface area contributed by atoms with Gasteiger partial charge in [-0.15, -0.1) is 0 Å². The Balaban J connectivity index is 2.12. The summed E-state index contributed by atoms with van der Waals surface area (Å²) in [6.45, 7) is 4.40. The second-order valence-electron chi connectivity index (χ2n) is 4.63. The quantitative estimate of drug-likeness (QED) is 0.356. The average molecular weight is 318 g/mol. The van der Waals surface area contributed by atoms with E-state index in [9.17, 15) is 8.78 Å². The molecular weight excluding hydrogens is 294 g/mol. The number of rotatable bonds is 11. The molecular formula is C15H24F2O3Si. The summed E-state index contributed by atoms with van der Waals surface area (Å²) in [4.78, 5) is 0. The molecule has 120 valence electrons. The number of hydrogen-bond donors (Lipinski definition) is 0. The van der Waals surface area contributed by atoms with Crippen LogP contribution in [-0.2, 0) is 20.3 Å². The monoisotopic (exact) mass is 318 g/mol. The van der Waals surface area contributed by atoms with Crippen LogP contribution in [0.2, 0.25) is 6.04 Å². The molecule has 21 heavy (non-hydrogen) atoms. The molecule has 0 heterocycles. The number of unbranched alkanes of at least 4 members (excludes halogenated alkanes) is 1. The Bertz CT molecular complexity index is 399. The third-order valence-corrected chi connectivity index (χ3v) is 4.25. The molecule has 0 aliphatic rings. The summed E-state index contributed by atoms with van der Waals surface area (Å²) in [7, 11) is -0.675. The average Bonchev–Trinajstić information content (AvgIpc) is 2.46. The van der Waals surface area contributed by atoms with E-state index in [4.69, 9.17) is 13.9 Å². The van der Waals surface area contributed by atoms with E-state index in [0.717, 1.165) is 30.9 Å². The summed E-state index contributed by atoms with van der Waals surface area (Å²) >= 11 is 0. The van der Waals surface area contributed by atoms with Gasteiger partial charge >= 0.3 is 0 Å². The number of ether oxygens (including phenoxy) is 2. The van der Waals surface area contributed by atoms with Crippen molar-refractivity contribution in [3.05, 3.63) is 35.4 Å². The second-order valence-corrected chi connectivity index (χ2v) is 6.08. The summed E-state index contributed by atoms with van der Waals surface area (Å²) < 4.78 is 42.0. The molecule has 3 nitrogen and oxygen atoms in total. The van der Waals surface area contributed by atoms with Crippen LogP contribution in [0, 0.1) is 11.6 Å². The SMILES string of the molecule is CCOC(OCC)O[SiH2]CCCCc1ccc(F)c(F)c1. The van der Waals surface area contributed by atoms with Gasteiger partial charge in [0.25, 0.3) is 6.48 Å². The van der Waals surface area contributed by atoms with Crippen LogP contribution < -0.4 is 0 Å². The van der Waals surface area contributed by atoms with E-state index >= 15 is 0 Å². The maximum atomic E-state index is 13.0. The minimum atomic E-state index is -0.794. The van der Waals surface area contributed by atoms with E-state index in [1.807, 2.05) is 13.8 Å². The summed E-state index contributed by atoms with van der Waals surface area (Å²) in [5, 5.41) is 0. The molecule has 0 atom stereocenters. The van der Waals surface area contributed by atoms with Crippen molar-refractivity contribution in [3.63, 3.8) is 0 Å². The number of halogens is 2. The van der Waals surface area contributed by atoms with Crippen molar-refractivity contribution in [2.45, 2.75) is 45.6 Å². The van der Waals surface area contributed by atoms with Gasteiger partial charge in [-0.2, -0.15) is 0 Å². The highest BCUT2D eigenvalue weighted by Crippen LogP contribution is 2.12. The highest BCUT2D eigenvalue weighted by Gasteiger charge is 2.07. The molecule has 0 fully saturated rings. The first-order chi connectivity index (χ1) is 10.2. The second kappa shape index (κ2) is 10.8. The van der Waals surface area contributed by atoms with Crippen molar-refractivity contribution < 1.29 is 22.7 Å². The molecule has 0 saturated carbocycles. The molecule has 0 radical (unpaired) electrons. The van der Waals surface area contributed by atoms with Gasteiger partial charge in [0.05, 0.1) is 0 Å². The lowest BCUT2D eigenvalue weighted by molar-refractivity contribution is -0.243. The van der Waals surface area contributed by atoms with E-state index in [1.54, 1.807) is 6.07 Å². The number of hydrogen-bond acceptors (Lipinski definition) is 3. The maximum Gasteiger partial charge on any atom is 0.261 e. The van der Waals surface area contributed by atoms with Gasteiger partial charge < -0.3 is 13.9 Å². The molecule has 1 aromatic rings. The zero-order valence-electron chi connectivity index (χ0n) is 12.7. The zero-order chi connectivity index (χ0) is 15.5. The Hall–Kier alpha value is -0.823. The lowest BCUT2D eigenvalue weighted by Gasteiger charge is -2.17. The van der Waals surface area contributed by atoms with Gasteiger partial charge in [0.1, 0.15) is 0 Å². The smallest absolute Gasteiger partial charge is 0.261 e. The Morgan fingerprint density at radius 3 is 2.38 bits per heavy atom. The van der Waals surface area contributed by atoms with Gasteiger partial charge in [-0.1, -0.05) is 12.5 Å². The molecule has 0 aliphatic heterocycles. The van der Waals surface area contributed by atoms with Gasteiger partial charge in [0.15, 0.2) is 21.4 Å². The molecule has 0 aliphatic carbocycles. The zero-order valence-corrected chi connectivity index (χ0v) is 14.2. The fourth-order valence-corrected chi connectivity index (χ4v) is 3.01. The van der Waals surface area contributed by atoms with Crippen LogP contribution in [-0.4, -0.2) is 29.5 Å². The van der Waals surface area contributed by atoms with Crippen molar-refractivity contribution in [1.29, 1.82) is 0 Å². The number of aryl methyl sites for hydroxylation is 1. The van der Waals surface area contributed by atoms with Crippen LogP contribution >= 0.6 is 0 Å². The third-order valence-electron chi connectivity index (χ3n) is 2.95. The van der Waals surface area contributed by atoms with Crippen LogP contribution in [0.15, 0.2) is 18.2 Å². The summed E-state index contributed by atoms with van der Waals surface area (Å²) in [5.74, 6) is -1.57. The Morgan fingerprint density at radius 2 is 1.76 bits per heavy atom. The Labute approximate surface area is 127 Å². The normalized spacial score (nSPS) is 11.9. The predicted molar refractivity (Wildman–Crippen MR) is 80.8 cm³/mol. The van der Waals surface area contributed by atoms with Gasteiger partial charge in [0, 0.05) is 13.2 Å². The summed E-state index contributed by atoms with van der Waals surface area (Å²) in [5.41, 5.74) is 0.831. The van der Waals surface area contributed by atoms with E-state index in [-0.39, 0.29) is 0 Å². The van der Waals surface area contributed by atoms with E-state index in [2.05, 4.69) is 0 Å². The molecule has 1 rings (SSSR count). The summed E-state index contributed by atoms with van der Waals surface area (Å²) in [6.07, 6.45) is 2.71. The van der Waals surface area contributed by atoms with Gasteiger partial charge in [-0.05, 0) is 50.4 Å². The lowest BCUT2D eigenvalue weighted by atomic mass is 10.1. The van der Waals surface area contributed by atoms with Crippen LogP contribution in [0.1, 0.15) is 32.3 Å². The van der Waals surface area contributed by atoms with Gasteiger partial charge in [0.2, 0.25) is 0 Å². The fraction of sp³-hybridized carbons (Fsp3) is 0.600. The van der Waals surface area contributed by atoms with Gasteiger partial charge in [-0.3, -0.25) is 0 Å². The van der Waals surface area contributed by atoms with Gasteiger partial charge in [-0.25, -0.2) is 8.78 Å². The molecule has 0 aromatic heterocycles. The molecule has 1 aromatic carbocycles. The molecule has 0 saturated heterocycles. The molecule has 6 heteroatoms. The topological polar surface area (TPSA) is 27.7 Å². The van der Waals surface area contributed by atoms with E-state index < -0.39 is 27.9 Å². The minimum absolute atomic E-state index is 0.530. The maximum absolute atomic E-state index is 13.0. The van der Waals surface area contributed by atoms with Crippen LogP contribution in [0.25, 0.3) is 0 Å². The molecule has 0 spiro atoms. The largest absolute Gasteiger partial charge is 0.379 e. The highest BCUT2D eigenvalue weighted by atomic mass is 28.2. The lowest BCUT2D eigenvalue weighted by Crippen LogP contribution is -2.22. The van der Waals surface area contributed by atoms with Crippen molar-refractivity contribution in [3.8, 4) is 0 Å². The van der Waals surface area contributed by atoms with Crippen molar-refractivity contribution in [2.75, 3.05) is 13.2 Å². The molecule has 0 unspecified atom stereocenters. The first-order valence-electron chi connectivity index (χ1n) is 7.46. The standard InChI is InChI=1S/C15H24F2O3Si/c1-3-18-15(19-4-2)20-21-10-6-5-7-12-8-9-13(16)14(17)11-12/h8-9,11,15H,3-7,10,21H2,1-2H3. The Morgan fingerprint density at radius 1 is 1.05 bits per heavy atom. The predicted octanol–water partition coefficient (Wildman–Crippen LogP) is 3.16.